The van der Waals surface area contributed by atoms with E-state index in [9.17, 15) is 4.79 Å². The molecule has 0 bridgehead atoms. The van der Waals surface area contributed by atoms with E-state index >= 15 is 0 Å². The van der Waals surface area contributed by atoms with Crippen LogP contribution < -0.4 is 0 Å². The Kier molecular flexibility index (Phi) is 4.40. The Balaban J connectivity index is 1.74. The molecule has 0 saturated heterocycles. The van der Waals surface area contributed by atoms with Gasteiger partial charge in [-0.15, -0.1) is 0 Å². The quantitative estimate of drug-likeness (QED) is 0.878. The van der Waals surface area contributed by atoms with Gasteiger partial charge in [-0.1, -0.05) is 34.1 Å². The highest BCUT2D eigenvalue weighted by molar-refractivity contribution is 9.10. The van der Waals surface area contributed by atoms with Gasteiger partial charge in [-0.2, -0.15) is 0 Å². The predicted molar refractivity (Wildman–Crippen MR) is 74.6 cm³/mol. The largest absolute Gasteiger partial charge is 0.481 e. The molecular formula is C14H18BrNO2. The van der Waals surface area contributed by atoms with Crippen molar-refractivity contribution in [1.82, 2.24) is 4.90 Å². The lowest BCUT2D eigenvalue weighted by molar-refractivity contribution is -0.138. The van der Waals surface area contributed by atoms with Crippen LogP contribution in [0.15, 0.2) is 28.7 Å². The maximum atomic E-state index is 10.8. The van der Waals surface area contributed by atoms with Gasteiger partial charge < -0.3 is 10.0 Å². The summed E-state index contributed by atoms with van der Waals surface area (Å²) < 4.78 is 1.15. The molecule has 1 N–H and O–H groups in total. The van der Waals surface area contributed by atoms with Crippen LogP contribution >= 0.6 is 15.9 Å². The first-order valence-electron chi connectivity index (χ1n) is 6.22. The zero-order valence-corrected chi connectivity index (χ0v) is 12.1. The molecule has 0 heterocycles. The molecule has 1 aliphatic rings. The van der Waals surface area contributed by atoms with E-state index in [0.29, 0.717) is 5.92 Å². The van der Waals surface area contributed by atoms with Crippen molar-refractivity contribution in [3.63, 3.8) is 0 Å². The van der Waals surface area contributed by atoms with E-state index in [4.69, 9.17) is 5.11 Å². The van der Waals surface area contributed by atoms with E-state index in [1.54, 1.807) is 0 Å². The first-order valence-corrected chi connectivity index (χ1v) is 7.02. The fourth-order valence-corrected chi connectivity index (χ4v) is 2.74. The molecule has 1 aromatic carbocycles. The molecule has 0 aliphatic heterocycles. The summed E-state index contributed by atoms with van der Waals surface area (Å²) in [5.74, 6) is -0.387. The van der Waals surface area contributed by atoms with Crippen LogP contribution in [0.1, 0.15) is 12.0 Å². The number of halogens is 1. The first-order chi connectivity index (χ1) is 8.58. The smallest absolute Gasteiger partial charge is 0.306 e. The molecule has 1 saturated carbocycles. The van der Waals surface area contributed by atoms with Gasteiger partial charge in [0.1, 0.15) is 0 Å². The second-order valence-corrected chi connectivity index (χ2v) is 5.90. The molecule has 2 atom stereocenters. The topological polar surface area (TPSA) is 40.5 Å². The lowest BCUT2D eigenvalue weighted by Gasteiger charge is -2.16. The van der Waals surface area contributed by atoms with E-state index in [1.165, 1.54) is 5.56 Å². The first kappa shape index (κ1) is 13.6. The number of nitrogens with zero attached hydrogens (tertiary/aromatic N) is 1. The lowest BCUT2D eigenvalue weighted by atomic mass is 10.1. The van der Waals surface area contributed by atoms with Gasteiger partial charge in [-0.25, -0.2) is 0 Å². The monoisotopic (exact) mass is 311 g/mol. The summed E-state index contributed by atoms with van der Waals surface area (Å²) in [5, 5.41) is 8.86. The predicted octanol–water partition coefficient (Wildman–Crippen LogP) is 2.64. The van der Waals surface area contributed by atoms with Crippen LogP contribution in [0.3, 0.4) is 0 Å². The number of carboxylic acid groups (broad SMARTS) is 1. The zero-order chi connectivity index (χ0) is 13.1. The van der Waals surface area contributed by atoms with E-state index in [2.05, 4.69) is 40.0 Å². The lowest BCUT2D eigenvalue weighted by Crippen LogP contribution is -2.24. The van der Waals surface area contributed by atoms with Crippen molar-refractivity contribution in [2.75, 3.05) is 20.1 Å². The Labute approximate surface area is 116 Å². The van der Waals surface area contributed by atoms with E-state index in [-0.39, 0.29) is 5.92 Å². The summed E-state index contributed by atoms with van der Waals surface area (Å²) in [5.41, 5.74) is 1.30. The van der Waals surface area contributed by atoms with Crippen molar-refractivity contribution in [1.29, 1.82) is 0 Å². The number of hydrogen-bond donors (Lipinski definition) is 1. The van der Waals surface area contributed by atoms with Crippen molar-refractivity contribution in [3.8, 4) is 0 Å². The van der Waals surface area contributed by atoms with Crippen LogP contribution in [0.2, 0.25) is 0 Å². The highest BCUT2D eigenvalue weighted by Crippen LogP contribution is 2.38. The van der Waals surface area contributed by atoms with Crippen molar-refractivity contribution in [2.45, 2.75) is 12.8 Å². The molecule has 0 radical (unpaired) electrons. The van der Waals surface area contributed by atoms with Crippen LogP contribution in [0.5, 0.6) is 0 Å². The molecule has 2 rings (SSSR count). The van der Waals surface area contributed by atoms with Crippen molar-refractivity contribution in [2.24, 2.45) is 11.8 Å². The number of carboxylic acids is 1. The fourth-order valence-electron chi connectivity index (χ4n) is 2.26. The van der Waals surface area contributed by atoms with Gasteiger partial charge in [-0.3, -0.25) is 4.79 Å². The molecule has 98 valence electrons. The summed E-state index contributed by atoms with van der Waals surface area (Å²) in [7, 11) is 2.06. The van der Waals surface area contributed by atoms with E-state index < -0.39 is 5.97 Å². The zero-order valence-electron chi connectivity index (χ0n) is 10.5. The molecule has 0 amide bonds. The number of likely N-dealkylation sites (N-methyl/N-ethyl adjacent to an activating group) is 1. The minimum atomic E-state index is -0.640. The van der Waals surface area contributed by atoms with Crippen LogP contribution in [-0.4, -0.2) is 36.1 Å². The number of hydrogen-bond acceptors (Lipinski definition) is 2. The molecule has 2 unspecified atom stereocenters. The number of carbonyl (C=O) groups is 1. The summed E-state index contributed by atoms with van der Waals surface area (Å²) in [4.78, 5) is 13.0. The Morgan fingerprint density at radius 2 is 2.22 bits per heavy atom. The molecule has 3 nitrogen and oxygen atoms in total. The van der Waals surface area contributed by atoms with E-state index in [1.807, 2.05) is 12.1 Å². The standard InChI is InChI=1S/C14H18BrNO2/c1-16(9-11-8-12(11)14(17)18)7-6-10-4-2-3-5-13(10)15/h2-5,11-12H,6-9H2,1H3,(H,17,18). The van der Waals surface area contributed by atoms with Gasteiger partial charge in [-0.05, 0) is 37.4 Å². The van der Waals surface area contributed by atoms with Gasteiger partial charge in [0, 0.05) is 17.6 Å². The molecule has 0 spiro atoms. The van der Waals surface area contributed by atoms with Crippen molar-refractivity contribution >= 4 is 21.9 Å². The van der Waals surface area contributed by atoms with Crippen LogP contribution in [0.25, 0.3) is 0 Å². The summed E-state index contributed by atoms with van der Waals surface area (Å²) in [6.45, 7) is 1.85. The summed E-state index contributed by atoms with van der Waals surface area (Å²) >= 11 is 3.54. The second kappa shape index (κ2) is 5.85. The minimum Gasteiger partial charge on any atom is -0.481 e. The third-order valence-electron chi connectivity index (χ3n) is 3.51. The van der Waals surface area contributed by atoms with Crippen molar-refractivity contribution < 1.29 is 9.90 Å². The number of aliphatic carboxylic acids is 1. The van der Waals surface area contributed by atoms with Crippen LogP contribution in [-0.2, 0) is 11.2 Å². The average molecular weight is 312 g/mol. The molecule has 1 fully saturated rings. The summed E-state index contributed by atoms with van der Waals surface area (Å²) in [6.07, 6.45) is 1.83. The maximum Gasteiger partial charge on any atom is 0.306 e. The average Bonchev–Trinajstić information content (AvgIpc) is 3.07. The van der Waals surface area contributed by atoms with Crippen LogP contribution in [0.4, 0.5) is 0 Å². The molecule has 1 aromatic rings. The normalized spacial score (nSPS) is 22.2. The minimum absolute atomic E-state index is 0.101. The SMILES string of the molecule is CN(CCc1ccccc1Br)CC1CC1C(=O)O. The van der Waals surface area contributed by atoms with Gasteiger partial charge in [0.25, 0.3) is 0 Å². The van der Waals surface area contributed by atoms with Gasteiger partial charge >= 0.3 is 5.97 Å². The Morgan fingerprint density at radius 3 is 2.83 bits per heavy atom. The summed E-state index contributed by atoms with van der Waals surface area (Å²) in [6, 6.07) is 8.23. The third-order valence-corrected chi connectivity index (χ3v) is 4.28. The molecule has 18 heavy (non-hydrogen) atoms. The van der Waals surface area contributed by atoms with Crippen molar-refractivity contribution in [3.05, 3.63) is 34.3 Å². The Hall–Kier alpha value is -0.870. The number of rotatable bonds is 6. The van der Waals surface area contributed by atoms with Crippen LogP contribution in [0, 0.1) is 11.8 Å². The highest BCUT2D eigenvalue weighted by atomic mass is 79.9. The Morgan fingerprint density at radius 1 is 1.50 bits per heavy atom. The fraction of sp³-hybridized carbons (Fsp3) is 0.500. The van der Waals surface area contributed by atoms with E-state index in [0.717, 1.165) is 30.4 Å². The second-order valence-electron chi connectivity index (χ2n) is 5.04. The number of benzene rings is 1. The molecular weight excluding hydrogens is 294 g/mol. The molecule has 4 heteroatoms. The van der Waals surface area contributed by atoms with Gasteiger partial charge in [0.2, 0.25) is 0 Å². The van der Waals surface area contributed by atoms with Gasteiger partial charge in [0.15, 0.2) is 0 Å². The molecule has 1 aliphatic carbocycles. The molecule has 0 aromatic heterocycles. The third kappa shape index (κ3) is 3.56. The Bertz CT molecular complexity index is 436. The maximum absolute atomic E-state index is 10.8. The highest BCUT2D eigenvalue weighted by Gasteiger charge is 2.43. The van der Waals surface area contributed by atoms with Gasteiger partial charge in [0.05, 0.1) is 5.92 Å².